The van der Waals surface area contributed by atoms with Crippen molar-refractivity contribution in [1.82, 2.24) is 4.98 Å². The normalized spacial score (nSPS) is 10.5. The first-order valence-corrected chi connectivity index (χ1v) is 4.35. The molecule has 62 valence electrons. The van der Waals surface area contributed by atoms with E-state index >= 15 is 0 Å². The molecule has 0 spiro atoms. The second-order valence-electron chi connectivity index (χ2n) is 2.38. The summed E-state index contributed by atoms with van der Waals surface area (Å²) in [6.07, 6.45) is 0. The van der Waals surface area contributed by atoms with Gasteiger partial charge >= 0.3 is 0 Å². The Balaban J connectivity index is 2.67. The van der Waals surface area contributed by atoms with Gasteiger partial charge < -0.3 is 5.32 Å². The van der Waals surface area contributed by atoms with Crippen LogP contribution in [-0.4, -0.2) is 12.0 Å². The maximum atomic E-state index is 12.7. The van der Waals surface area contributed by atoms with Crippen LogP contribution in [0.2, 0.25) is 0 Å². The highest BCUT2D eigenvalue weighted by molar-refractivity contribution is 7.22. The number of rotatable bonds is 1. The van der Waals surface area contributed by atoms with Gasteiger partial charge in [-0.05, 0) is 18.2 Å². The maximum Gasteiger partial charge on any atom is 0.183 e. The SMILES string of the molecule is CNc1nc2ccc(F)cc2s1. The van der Waals surface area contributed by atoms with E-state index in [1.54, 1.807) is 13.1 Å². The van der Waals surface area contributed by atoms with Gasteiger partial charge in [0.05, 0.1) is 10.2 Å². The first-order valence-electron chi connectivity index (χ1n) is 3.53. The molecule has 1 N–H and O–H groups in total. The first kappa shape index (κ1) is 7.49. The summed E-state index contributed by atoms with van der Waals surface area (Å²) in [5.74, 6) is -0.214. The average molecular weight is 182 g/mol. The molecule has 0 unspecified atom stereocenters. The molecule has 0 aliphatic carbocycles. The number of nitrogens with zero attached hydrogens (tertiary/aromatic N) is 1. The summed E-state index contributed by atoms with van der Waals surface area (Å²) in [6.45, 7) is 0. The van der Waals surface area contributed by atoms with Gasteiger partial charge in [-0.15, -0.1) is 0 Å². The smallest absolute Gasteiger partial charge is 0.183 e. The molecule has 0 atom stereocenters. The van der Waals surface area contributed by atoms with E-state index in [4.69, 9.17) is 0 Å². The zero-order valence-electron chi connectivity index (χ0n) is 6.47. The van der Waals surface area contributed by atoms with E-state index in [9.17, 15) is 4.39 Å². The van der Waals surface area contributed by atoms with Gasteiger partial charge in [-0.3, -0.25) is 0 Å². The van der Waals surface area contributed by atoms with Crippen molar-refractivity contribution in [1.29, 1.82) is 0 Å². The number of nitrogens with one attached hydrogen (secondary N) is 1. The van der Waals surface area contributed by atoms with E-state index < -0.39 is 0 Å². The monoisotopic (exact) mass is 182 g/mol. The van der Waals surface area contributed by atoms with Crippen LogP contribution in [0.4, 0.5) is 9.52 Å². The molecule has 0 fully saturated rings. The molecule has 2 rings (SSSR count). The molecule has 0 saturated carbocycles. The zero-order valence-corrected chi connectivity index (χ0v) is 7.28. The highest BCUT2D eigenvalue weighted by Crippen LogP contribution is 2.25. The molecular weight excluding hydrogens is 175 g/mol. The minimum absolute atomic E-state index is 0.214. The van der Waals surface area contributed by atoms with Crippen molar-refractivity contribution in [3.05, 3.63) is 24.0 Å². The fourth-order valence-corrected chi connectivity index (χ4v) is 1.85. The lowest BCUT2D eigenvalue weighted by Gasteiger charge is -1.85. The Bertz CT molecular complexity index is 410. The van der Waals surface area contributed by atoms with Crippen LogP contribution < -0.4 is 5.32 Å². The molecule has 1 heterocycles. The second kappa shape index (κ2) is 2.71. The number of benzene rings is 1. The fraction of sp³-hybridized carbons (Fsp3) is 0.125. The molecule has 0 radical (unpaired) electrons. The summed E-state index contributed by atoms with van der Waals surface area (Å²) in [4.78, 5) is 4.21. The number of hydrogen-bond acceptors (Lipinski definition) is 3. The van der Waals surface area contributed by atoms with Gasteiger partial charge in [-0.25, -0.2) is 9.37 Å². The Morgan fingerprint density at radius 2 is 2.33 bits per heavy atom. The highest BCUT2D eigenvalue weighted by atomic mass is 32.1. The predicted molar refractivity (Wildman–Crippen MR) is 49.1 cm³/mol. The van der Waals surface area contributed by atoms with Gasteiger partial charge in [0.15, 0.2) is 5.13 Å². The van der Waals surface area contributed by atoms with Gasteiger partial charge in [0.25, 0.3) is 0 Å². The van der Waals surface area contributed by atoms with Crippen LogP contribution in [0.5, 0.6) is 0 Å². The molecule has 2 nitrogen and oxygen atoms in total. The van der Waals surface area contributed by atoms with Crippen molar-refractivity contribution in [2.45, 2.75) is 0 Å². The van der Waals surface area contributed by atoms with Crippen molar-refractivity contribution < 1.29 is 4.39 Å². The molecule has 0 saturated heterocycles. The van der Waals surface area contributed by atoms with Crippen LogP contribution in [0.1, 0.15) is 0 Å². The van der Waals surface area contributed by atoms with Crippen molar-refractivity contribution in [2.75, 3.05) is 12.4 Å². The van der Waals surface area contributed by atoms with Crippen LogP contribution in [0.25, 0.3) is 10.2 Å². The number of halogens is 1. The summed E-state index contributed by atoms with van der Waals surface area (Å²) in [5, 5.41) is 3.74. The molecular formula is C8H7FN2S. The Labute approximate surface area is 73.1 Å². The quantitative estimate of drug-likeness (QED) is 0.732. The van der Waals surface area contributed by atoms with Gasteiger partial charge in [-0.1, -0.05) is 11.3 Å². The van der Waals surface area contributed by atoms with E-state index in [1.807, 2.05) is 0 Å². The third-order valence-corrected chi connectivity index (χ3v) is 2.60. The Morgan fingerprint density at radius 3 is 3.08 bits per heavy atom. The number of hydrogen-bond donors (Lipinski definition) is 1. The standard InChI is InChI=1S/C8H7FN2S/c1-10-8-11-6-3-2-5(9)4-7(6)12-8/h2-4H,1H3,(H,10,11). The third kappa shape index (κ3) is 1.14. The van der Waals surface area contributed by atoms with Crippen molar-refractivity contribution in [2.24, 2.45) is 0 Å². The van der Waals surface area contributed by atoms with Crippen LogP contribution in [0.3, 0.4) is 0 Å². The van der Waals surface area contributed by atoms with E-state index in [0.717, 1.165) is 15.3 Å². The summed E-state index contributed by atoms with van der Waals surface area (Å²) >= 11 is 1.45. The molecule has 1 aromatic heterocycles. The lowest BCUT2D eigenvalue weighted by Crippen LogP contribution is -1.83. The number of fused-ring (bicyclic) bond motifs is 1. The molecule has 0 amide bonds. The van der Waals surface area contributed by atoms with Gasteiger partial charge in [0, 0.05) is 7.05 Å². The Hall–Kier alpha value is -1.16. The molecule has 4 heteroatoms. The lowest BCUT2D eigenvalue weighted by atomic mass is 10.3. The fourth-order valence-electron chi connectivity index (χ4n) is 1.01. The van der Waals surface area contributed by atoms with Crippen molar-refractivity contribution in [3.63, 3.8) is 0 Å². The summed E-state index contributed by atoms with van der Waals surface area (Å²) in [7, 11) is 1.80. The minimum atomic E-state index is -0.214. The predicted octanol–water partition coefficient (Wildman–Crippen LogP) is 2.48. The number of aromatic nitrogens is 1. The van der Waals surface area contributed by atoms with Crippen LogP contribution >= 0.6 is 11.3 Å². The minimum Gasteiger partial charge on any atom is -0.365 e. The van der Waals surface area contributed by atoms with E-state index in [2.05, 4.69) is 10.3 Å². The summed E-state index contributed by atoms with van der Waals surface area (Å²) in [6, 6.07) is 4.59. The lowest BCUT2D eigenvalue weighted by molar-refractivity contribution is 0.630. The number of anilines is 1. The topological polar surface area (TPSA) is 24.9 Å². The Morgan fingerprint density at radius 1 is 1.50 bits per heavy atom. The third-order valence-electron chi connectivity index (χ3n) is 1.56. The molecule has 0 aliphatic heterocycles. The van der Waals surface area contributed by atoms with E-state index in [0.29, 0.717) is 0 Å². The highest BCUT2D eigenvalue weighted by Gasteiger charge is 2.01. The van der Waals surface area contributed by atoms with Crippen molar-refractivity contribution >= 4 is 26.7 Å². The average Bonchev–Trinajstić information content (AvgIpc) is 2.46. The van der Waals surface area contributed by atoms with E-state index in [-0.39, 0.29) is 5.82 Å². The molecule has 0 aliphatic rings. The summed E-state index contributed by atoms with van der Waals surface area (Å²) in [5.41, 5.74) is 0.839. The number of thiazole rings is 1. The molecule has 12 heavy (non-hydrogen) atoms. The van der Waals surface area contributed by atoms with Gasteiger partial charge in [0.1, 0.15) is 5.82 Å². The van der Waals surface area contributed by atoms with Crippen LogP contribution in [0, 0.1) is 5.82 Å². The molecule has 2 aromatic rings. The van der Waals surface area contributed by atoms with Gasteiger partial charge in [0.2, 0.25) is 0 Å². The van der Waals surface area contributed by atoms with Crippen LogP contribution in [-0.2, 0) is 0 Å². The maximum absolute atomic E-state index is 12.7. The van der Waals surface area contributed by atoms with Crippen molar-refractivity contribution in [3.8, 4) is 0 Å². The Kier molecular flexibility index (Phi) is 1.69. The summed E-state index contributed by atoms with van der Waals surface area (Å²) < 4.78 is 13.6. The molecule has 1 aromatic carbocycles. The van der Waals surface area contributed by atoms with E-state index in [1.165, 1.54) is 23.5 Å². The first-order chi connectivity index (χ1) is 5.79. The second-order valence-corrected chi connectivity index (χ2v) is 3.41. The largest absolute Gasteiger partial charge is 0.365 e. The molecule has 0 bridgehead atoms. The zero-order chi connectivity index (χ0) is 8.55. The van der Waals surface area contributed by atoms with Crippen LogP contribution in [0.15, 0.2) is 18.2 Å². The van der Waals surface area contributed by atoms with Gasteiger partial charge in [-0.2, -0.15) is 0 Å².